The van der Waals surface area contributed by atoms with Gasteiger partial charge in [-0.2, -0.15) is 13.2 Å². The Balaban J connectivity index is 1.94. The van der Waals surface area contributed by atoms with Crippen molar-refractivity contribution in [3.63, 3.8) is 0 Å². The van der Waals surface area contributed by atoms with Crippen molar-refractivity contribution in [2.75, 3.05) is 4.90 Å². The summed E-state index contributed by atoms with van der Waals surface area (Å²) in [7, 11) is 0. The highest BCUT2D eigenvalue weighted by atomic mass is 19.4. The number of aliphatic hydroxyl groups excluding tert-OH is 1. The Bertz CT molecular complexity index is 1380. The van der Waals surface area contributed by atoms with Crippen molar-refractivity contribution in [3.8, 4) is 0 Å². The van der Waals surface area contributed by atoms with Crippen LogP contribution < -0.4 is 4.90 Å². The van der Waals surface area contributed by atoms with E-state index >= 15 is 0 Å². The number of amides is 1. The fourth-order valence-electron chi connectivity index (χ4n) is 3.82. The van der Waals surface area contributed by atoms with E-state index in [9.17, 15) is 42.4 Å². The van der Waals surface area contributed by atoms with Crippen LogP contribution in [0.5, 0.6) is 0 Å². The largest absolute Gasteiger partial charge is 0.507 e. The Morgan fingerprint density at radius 3 is 2.23 bits per heavy atom. The van der Waals surface area contributed by atoms with Crippen molar-refractivity contribution in [2.24, 2.45) is 0 Å². The number of rotatable bonds is 4. The predicted octanol–water partition coefficient (Wildman–Crippen LogP) is 5.38. The second-order valence-electron chi connectivity index (χ2n) is 7.54. The van der Waals surface area contributed by atoms with Crippen molar-refractivity contribution in [1.29, 1.82) is 0 Å². The molecule has 1 amide bonds. The van der Waals surface area contributed by atoms with Gasteiger partial charge in [0.15, 0.2) is 0 Å². The van der Waals surface area contributed by atoms with E-state index in [1.165, 1.54) is 18.2 Å². The number of hydrogen-bond donors (Lipinski definition) is 1. The molecule has 3 aromatic rings. The topological polar surface area (TPSA) is 101 Å². The van der Waals surface area contributed by atoms with E-state index in [1.54, 1.807) is 0 Å². The Kier molecular flexibility index (Phi) is 5.85. The van der Waals surface area contributed by atoms with E-state index in [0.717, 1.165) is 48.5 Å². The van der Waals surface area contributed by atoms with Gasteiger partial charge in [0.05, 0.1) is 22.1 Å². The van der Waals surface area contributed by atoms with E-state index in [4.69, 9.17) is 0 Å². The number of carbonyl (C=O) groups excluding carboxylic acids is 2. The van der Waals surface area contributed by atoms with Crippen LogP contribution in [-0.2, 0) is 15.8 Å². The van der Waals surface area contributed by atoms with Crippen molar-refractivity contribution in [1.82, 2.24) is 0 Å². The molecule has 3 aromatic carbocycles. The molecular formula is C24H14F4N2O5. The quantitative estimate of drug-likeness (QED) is 0.133. The summed E-state index contributed by atoms with van der Waals surface area (Å²) in [6, 6.07) is 11.4. The predicted molar refractivity (Wildman–Crippen MR) is 116 cm³/mol. The average molecular weight is 486 g/mol. The van der Waals surface area contributed by atoms with Gasteiger partial charge in [-0.3, -0.25) is 24.6 Å². The van der Waals surface area contributed by atoms with Gasteiger partial charge in [-0.05, 0) is 36.4 Å². The van der Waals surface area contributed by atoms with E-state index in [0.29, 0.717) is 11.0 Å². The maximum Gasteiger partial charge on any atom is 0.416 e. The first-order valence-electron chi connectivity index (χ1n) is 9.98. The highest BCUT2D eigenvalue weighted by molar-refractivity contribution is 6.51. The van der Waals surface area contributed by atoms with Gasteiger partial charge in [-0.15, -0.1) is 0 Å². The lowest BCUT2D eigenvalue weighted by atomic mass is 9.94. The van der Waals surface area contributed by atoms with Gasteiger partial charge in [0, 0.05) is 28.9 Å². The van der Waals surface area contributed by atoms with Crippen LogP contribution in [0.2, 0.25) is 0 Å². The number of anilines is 1. The molecule has 4 rings (SSSR count). The van der Waals surface area contributed by atoms with Crippen molar-refractivity contribution in [3.05, 3.63) is 111 Å². The summed E-state index contributed by atoms with van der Waals surface area (Å²) in [6.07, 6.45) is -4.75. The van der Waals surface area contributed by atoms with E-state index in [-0.39, 0.29) is 22.5 Å². The molecule has 11 heteroatoms. The highest BCUT2D eigenvalue weighted by Crippen LogP contribution is 2.44. The Morgan fingerprint density at radius 1 is 0.971 bits per heavy atom. The third kappa shape index (κ3) is 4.23. The molecule has 35 heavy (non-hydrogen) atoms. The van der Waals surface area contributed by atoms with Gasteiger partial charge < -0.3 is 5.11 Å². The molecule has 1 fully saturated rings. The molecule has 178 valence electrons. The molecule has 1 saturated heterocycles. The Morgan fingerprint density at radius 2 is 1.63 bits per heavy atom. The summed E-state index contributed by atoms with van der Waals surface area (Å²) in [6.45, 7) is 0. The molecule has 0 saturated carbocycles. The molecule has 1 aliphatic rings. The minimum absolute atomic E-state index is 0.0843. The zero-order valence-corrected chi connectivity index (χ0v) is 17.5. The summed E-state index contributed by atoms with van der Waals surface area (Å²) in [5, 5.41) is 21.8. The summed E-state index contributed by atoms with van der Waals surface area (Å²) in [4.78, 5) is 36.9. The van der Waals surface area contributed by atoms with Gasteiger partial charge in [0.1, 0.15) is 11.6 Å². The van der Waals surface area contributed by atoms with E-state index in [2.05, 4.69) is 0 Å². The lowest BCUT2D eigenvalue weighted by Gasteiger charge is -2.26. The first-order valence-corrected chi connectivity index (χ1v) is 9.98. The normalized spacial score (nSPS) is 17.6. The molecule has 0 aromatic heterocycles. The first-order chi connectivity index (χ1) is 16.5. The standard InChI is InChI=1S/C24H14F4N2O5/c25-18-7-2-1-6-17(18)20-19(21(31)13-8-10-15(11-9-13)30(34)35)22(32)23(33)29(20)16-5-3-4-14(12-16)24(26,27)28/h1-12,20,31H/b21-19+. The number of ketones is 1. The number of aliphatic hydroxyl groups is 1. The van der Waals surface area contributed by atoms with Crippen LogP contribution in [0.1, 0.15) is 22.7 Å². The highest BCUT2D eigenvalue weighted by Gasteiger charge is 2.48. The maximum atomic E-state index is 14.8. The van der Waals surface area contributed by atoms with Crippen LogP contribution in [0.3, 0.4) is 0 Å². The Hall–Kier alpha value is -4.54. The minimum Gasteiger partial charge on any atom is -0.507 e. The summed E-state index contributed by atoms with van der Waals surface area (Å²) in [5.41, 5.74) is -2.65. The van der Waals surface area contributed by atoms with Gasteiger partial charge >= 0.3 is 6.18 Å². The third-order valence-corrected chi connectivity index (χ3v) is 5.45. The molecule has 1 aliphatic heterocycles. The lowest BCUT2D eigenvalue weighted by molar-refractivity contribution is -0.384. The van der Waals surface area contributed by atoms with Crippen molar-refractivity contribution >= 4 is 28.8 Å². The number of nitrogens with zero attached hydrogens (tertiary/aromatic N) is 2. The number of carbonyl (C=O) groups is 2. The fraction of sp³-hybridized carbons (Fsp3) is 0.0833. The number of hydrogen-bond acceptors (Lipinski definition) is 5. The average Bonchev–Trinajstić information content (AvgIpc) is 3.08. The number of alkyl halides is 3. The van der Waals surface area contributed by atoms with E-state index in [1.807, 2.05) is 0 Å². The van der Waals surface area contributed by atoms with Crippen LogP contribution in [0.4, 0.5) is 28.9 Å². The number of benzene rings is 3. The first kappa shape index (κ1) is 23.6. The van der Waals surface area contributed by atoms with E-state index < -0.39 is 51.5 Å². The van der Waals surface area contributed by atoms with Gasteiger partial charge in [-0.25, -0.2) is 4.39 Å². The molecule has 1 heterocycles. The van der Waals surface area contributed by atoms with Crippen LogP contribution in [0.25, 0.3) is 5.76 Å². The molecule has 1 N–H and O–H groups in total. The monoisotopic (exact) mass is 486 g/mol. The summed E-state index contributed by atoms with van der Waals surface area (Å²) >= 11 is 0. The zero-order chi connectivity index (χ0) is 25.5. The SMILES string of the molecule is O=C1C(=O)N(c2cccc(C(F)(F)F)c2)C(c2ccccc2F)/C1=C(\O)c1ccc([N+](=O)[O-])cc1. The zero-order valence-electron chi connectivity index (χ0n) is 17.5. The molecule has 0 spiro atoms. The minimum atomic E-state index is -4.75. The lowest BCUT2D eigenvalue weighted by Crippen LogP contribution is -2.30. The molecule has 0 aliphatic carbocycles. The smallest absolute Gasteiger partial charge is 0.416 e. The van der Waals surface area contributed by atoms with Crippen LogP contribution >= 0.6 is 0 Å². The van der Waals surface area contributed by atoms with Crippen LogP contribution in [0, 0.1) is 15.9 Å². The van der Waals surface area contributed by atoms with Crippen LogP contribution in [-0.4, -0.2) is 21.7 Å². The molecule has 1 unspecified atom stereocenters. The van der Waals surface area contributed by atoms with Gasteiger partial charge in [-0.1, -0.05) is 24.3 Å². The number of nitro benzene ring substituents is 1. The second kappa shape index (κ2) is 8.67. The molecule has 0 radical (unpaired) electrons. The second-order valence-corrected chi connectivity index (χ2v) is 7.54. The number of non-ortho nitro benzene ring substituents is 1. The number of Topliss-reactive ketones (excluding diaryl/α,β-unsaturated/α-hetero) is 1. The number of nitro groups is 1. The van der Waals surface area contributed by atoms with Crippen molar-refractivity contribution < 1.29 is 37.2 Å². The fourth-order valence-corrected chi connectivity index (χ4v) is 3.82. The molecule has 1 atom stereocenters. The molecular weight excluding hydrogens is 472 g/mol. The molecule has 7 nitrogen and oxygen atoms in total. The number of halogens is 4. The van der Waals surface area contributed by atoms with Crippen LogP contribution in [0.15, 0.2) is 78.4 Å². The summed E-state index contributed by atoms with van der Waals surface area (Å²) < 4.78 is 54.7. The summed E-state index contributed by atoms with van der Waals surface area (Å²) in [5.74, 6) is -4.17. The van der Waals surface area contributed by atoms with Gasteiger partial charge in [0.25, 0.3) is 17.4 Å². The maximum absolute atomic E-state index is 14.8. The van der Waals surface area contributed by atoms with Crippen molar-refractivity contribution in [2.45, 2.75) is 12.2 Å². The third-order valence-electron chi connectivity index (χ3n) is 5.45. The molecule has 0 bridgehead atoms. The Labute approximate surface area is 194 Å². The van der Waals surface area contributed by atoms with Gasteiger partial charge in [0.2, 0.25) is 0 Å².